The van der Waals surface area contributed by atoms with Gasteiger partial charge in [-0.3, -0.25) is 9.59 Å². The van der Waals surface area contributed by atoms with Crippen molar-refractivity contribution in [1.82, 2.24) is 4.90 Å². The van der Waals surface area contributed by atoms with Crippen LogP contribution in [0.4, 0.5) is 11.4 Å². The van der Waals surface area contributed by atoms with Crippen LogP contribution in [0.25, 0.3) is 0 Å². The van der Waals surface area contributed by atoms with E-state index in [1.165, 1.54) is 12.1 Å². The number of carbonyl (C=O) groups excluding carboxylic acids is 2. The van der Waals surface area contributed by atoms with E-state index >= 15 is 0 Å². The number of amides is 2. The van der Waals surface area contributed by atoms with Gasteiger partial charge in [-0.25, -0.2) is 0 Å². The number of rotatable bonds is 8. The highest BCUT2D eigenvalue weighted by Crippen LogP contribution is 2.33. The second-order valence-corrected chi connectivity index (χ2v) is 8.94. The summed E-state index contributed by atoms with van der Waals surface area (Å²) in [5, 5.41) is 2.96. The molecule has 1 atom stereocenters. The number of anilines is 2. The summed E-state index contributed by atoms with van der Waals surface area (Å²) in [5.74, 6) is 0.0788. The second kappa shape index (κ2) is 10.3. The Morgan fingerprint density at radius 3 is 2.52 bits per heavy atom. The number of allylic oxidation sites excluding steroid dienone is 2. The van der Waals surface area contributed by atoms with E-state index in [2.05, 4.69) is 16.3 Å². The van der Waals surface area contributed by atoms with Gasteiger partial charge < -0.3 is 24.8 Å². The first-order valence-corrected chi connectivity index (χ1v) is 11.6. The highest BCUT2D eigenvalue weighted by atomic mass is 16.5. The Labute approximate surface area is 185 Å². The Kier molecular flexibility index (Phi) is 7.25. The van der Waals surface area contributed by atoms with Gasteiger partial charge in [0.05, 0.1) is 20.3 Å². The van der Waals surface area contributed by atoms with E-state index in [4.69, 9.17) is 4.74 Å². The van der Waals surface area contributed by atoms with Crippen LogP contribution < -0.4 is 15.1 Å². The number of hydrogen-bond donors (Lipinski definition) is 2. The molecule has 2 amide bonds. The molecule has 2 aliphatic carbocycles. The quantitative estimate of drug-likeness (QED) is 0.659. The van der Waals surface area contributed by atoms with E-state index < -0.39 is 0 Å². The standard InChI is InChI=1S/C24H34N4O3/c1-26(18-24(30)28(22-11-12-22)21-5-3-2-4-6-21)17-23(29)25-19-7-9-20(10-8-19)27-13-15-31-16-14-27/h5,7-10,22H,2-4,6,11-18H2,1H3,(H,25,29)/p+1. The van der Waals surface area contributed by atoms with Crippen molar-refractivity contribution in [3.63, 3.8) is 0 Å². The van der Waals surface area contributed by atoms with Crippen molar-refractivity contribution < 1.29 is 19.2 Å². The molecule has 0 radical (unpaired) electrons. The lowest BCUT2D eigenvalue weighted by Gasteiger charge is -2.29. The fourth-order valence-electron chi connectivity index (χ4n) is 4.43. The Balaban J connectivity index is 1.26. The SMILES string of the molecule is C[NH+](CC(=O)Nc1ccc(N2CCOCC2)cc1)CC(=O)N(C1=CCCCC1)C1CC1. The third-order valence-corrected chi connectivity index (χ3v) is 6.20. The monoisotopic (exact) mass is 427 g/mol. The van der Waals surface area contributed by atoms with Crippen LogP contribution in [0, 0.1) is 0 Å². The summed E-state index contributed by atoms with van der Waals surface area (Å²) in [6.45, 7) is 3.90. The van der Waals surface area contributed by atoms with Gasteiger partial charge in [0.15, 0.2) is 13.1 Å². The van der Waals surface area contributed by atoms with Gasteiger partial charge in [-0.2, -0.15) is 0 Å². The normalized spacial score (nSPS) is 20.0. The first-order valence-electron chi connectivity index (χ1n) is 11.6. The van der Waals surface area contributed by atoms with E-state index in [1.807, 2.05) is 36.2 Å². The lowest BCUT2D eigenvalue weighted by Crippen LogP contribution is -3.11. The van der Waals surface area contributed by atoms with Gasteiger partial charge in [-0.05, 0) is 62.8 Å². The number of quaternary nitrogens is 1. The fraction of sp³-hybridized carbons (Fsp3) is 0.583. The van der Waals surface area contributed by atoms with Gasteiger partial charge in [-0.1, -0.05) is 6.08 Å². The highest BCUT2D eigenvalue weighted by Gasteiger charge is 2.36. The molecule has 7 nitrogen and oxygen atoms in total. The summed E-state index contributed by atoms with van der Waals surface area (Å²) in [4.78, 5) is 30.7. The lowest BCUT2D eigenvalue weighted by molar-refractivity contribution is -0.862. The average Bonchev–Trinajstić information content (AvgIpc) is 3.60. The Bertz CT molecular complexity index is 798. The third-order valence-electron chi connectivity index (χ3n) is 6.20. The zero-order chi connectivity index (χ0) is 21.6. The summed E-state index contributed by atoms with van der Waals surface area (Å²) in [6, 6.07) is 8.32. The maximum atomic E-state index is 13.0. The first kappa shape index (κ1) is 21.8. The molecule has 3 aliphatic rings. The number of ether oxygens (including phenoxy) is 1. The minimum atomic E-state index is -0.0701. The largest absolute Gasteiger partial charge is 0.378 e. The van der Waals surface area contributed by atoms with Crippen molar-refractivity contribution in [2.75, 3.05) is 56.7 Å². The van der Waals surface area contributed by atoms with E-state index in [1.54, 1.807) is 0 Å². The molecule has 2 N–H and O–H groups in total. The van der Waals surface area contributed by atoms with Crippen molar-refractivity contribution in [2.45, 2.75) is 44.6 Å². The second-order valence-electron chi connectivity index (χ2n) is 8.94. The Morgan fingerprint density at radius 2 is 1.87 bits per heavy atom. The molecule has 1 saturated heterocycles. The van der Waals surface area contributed by atoms with Crippen LogP contribution in [0.1, 0.15) is 38.5 Å². The van der Waals surface area contributed by atoms with E-state index in [-0.39, 0.29) is 18.4 Å². The van der Waals surface area contributed by atoms with E-state index in [9.17, 15) is 9.59 Å². The van der Waals surface area contributed by atoms with Crippen LogP contribution >= 0.6 is 0 Å². The molecule has 2 fully saturated rings. The summed E-state index contributed by atoms with van der Waals surface area (Å²) < 4.78 is 5.40. The minimum Gasteiger partial charge on any atom is -0.378 e. The van der Waals surface area contributed by atoms with Crippen LogP contribution in [0.3, 0.4) is 0 Å². The predicted octanol–water partition coefficient (Wildman–Crippen LogP) is 1.43. The van der Waals surface area contributed by atoms with E-state index in [0.717, 1.165) is 74.7 Å². The molecule has 1 saturated carbocycles. The molecule has 31 heavy (non-hydrogen) atoms. The zero-order valence-electron chi connectivity index (χ0n) is 18.6. The van der Waals surface area contributed by atoms with Gasteiger partial charge in [0, 0.05) is 36.2 Å². The molecule has 4 rings (SSSR count). The number of likely N-dealkylation sites (N-methyl/N-ethyl adjacent to an activating group) is 1. The highest BCUT2D eigenvalue weighted by molar-refractivity contribution is 5.91. The molecule has 1 unspecified atom stereocenters. The van der Waals surface area contributed by atoms with Crippen LogP contribution in [0.5, 0.6) is 0 Å². The van der Waals surface area contributed by atoms with Gasteiger partial charge in [-0.15, -0.1) is 0 Å². The van der Waals surface area contributed by atoms with Gasteiger partial charge in [0.2, 0.25) is 0 Å². The van der Waals surface area contributed by atoms with Crippen LogP contribution in [0.2, 0.25) is 0 Å². The molecule has 1 aliphatic heterocycles. The fourth-order valence-corrected chi connectivity index (χ4v) is 4.43. The van der Waals surface area contributed by atoms with Crippen molar-refractivity contribution >= 4 is 23.2 Å². The Morgan fingerprint density at radius 1 is 1.13 bits per heavy atom. The van der Waals surface area contributed by atoms with Gasteiger partial charge in [0.25, 0.3) is 11.8 Å². The average molecular weight is 428 g/mol. The molecule has 168 valence electrons. The van der Waals surface area contributed by atoms with Crippen molar-refractivity contribution in [1.29, 1.82) is 0 Å². The van der Waals surface area contributed by atoms with E-state index in [0.29, 0.717) is 12.6 Å². The molecule has 1 aromatic rings. The molecular weight excluding hydrogens is 392 g/mol. The van der Waals surface area contributed by atoms with Gasteiger partial charge >= 0.3 is 0 Å². The minimum absolute atomic E-state index is 0.0701. The molecule has 0 bridgehead atoms. The predicted molar refractivity (Wildman–Crippen MR) is 121 cm³/mol. The van der Waals surface area contributed by atoms with Crippen molar-refractivity contribution in [3.05, 3.63) is 36.0 Å². The number of morpholine rings is 1. The summed E-state index contributed by atoms with van der Waals surface area (Å²) in [6.07, 6.45) is 8.89. The number of carbonyl (C=O) groups is 2. The summed E-state index contributed by atoms with van der Waals surface area (Å²) in [7, 11) is 1.92. The smallest absolute Gasteiger partial charge is 0.282 e. The van der Waals surface area contributed by atoms with Crippen LogP contribution in [0.15, 0.2) is 36.0 Å². The number of benzene rings is 1. The third kappa shape index (κ3) is 6.08. The molecule has 1 aromatic carbocycles. The maximum Gasteiger partial charge on any atom is 0.282 e. The van der Waals surface area contributed by atoms with Crippen LogP contribution in [-0.2, 0) is 14.3 Å². The summed E-state index contributed by atoms with van der Waals surface area (Å²) in [5.41, 5.74) is 3.14. The molecule has 7 heteroatoms. The number of nitrogens with zero attached hydrogens (tertiary/aromatic N) is 2. The molecule has 0 spiro atoms. The zero-order valence-corrected chi connectivity index (χ0v) is 18.6. The first-order chi connectivity index (χ1) is 15.1. The Hall–Kier alpha value is -2.38. The van der Waals surface area contributed by atoms with Crippen molar-refractivity contribution in [2.24, 2.45) is 0 Å². The number of hydrogen-bond acceptors (Lipinski definition) is 4. The number of nitrogens with one attached hydrogen (secondary N) is 2. The summed E-state index contributed by atoms with van der Waals surface area (Å²) >= 11 is 0. The molecule has 1 heterocycles. The maximum absolute atomic E-state index is 13.0. The lowest BCUT2D eigenvalue weighted by atomic mass is 10.0. The topological polar surface area (TPSA) is 66.3 Å². The van der Waals surface area contributed by atoms with Crippen LogP contribution in [-0.4, -0.2) is 69.2 Å². The van der Waals surface area contributed by atoms with Crippen molar-refractivity contribution in [3.8, 4) is 0 Å². The molecular formula is C24H35N4O3+. The van der Waals surface area contributed by atoms with Gasteiger partial charge in [0.1, 0.15) is 0 Å². The molecule has 0 aromatic heterocycles.